The molecule has 0 spiro atoms. The van der Waals surface area contributed by atoms with Crippen molar-refractivity contribution < 1.29 is 4.74 Å². The second kappa shape index (κ2) is 9.90. The largest absolute Gasteiger partial charge is 0.381 e. The molecule has 0 aromatic heterocycles. The van der Waals surface area contributed by atoms with E-state index in [4.69, 9.17) is 4.74 Å². The van der Waals surface area contributed by atoms with Gasteiger partial charge in [0.2, 0.25) is 0 Å². The van der Waals surface area contributed by atoms with Gasteiger partial charge in [0.1, 0.15) is 0 Å². The quantitative estimate of drug-likeness (QED) is 0.595. The van der Waals surface area contributed by atoms with E-state index in [9.17, 15) is 0 Å². The summed E-state index contributed by atoms with van der Waals surface area (Å²) in [6.07, 6.45) is 5.07. The molecule has 0 saturated carbocycles. The molecular weight excluding hydrogens is 210 g/mol. The van der Waals surface area contributed by atoms with Crippen LogP contribution in [-0.2, 0) is 4.74 Å². The van der Waals surface area contributed by atoms with Gasteiger partial charge in [-0.05, 0) is 32.2 Å². The van der Waals surface area contributed by atoms with Gasteiger partial charge >= 0.3 is 0 Å². The lowest BCUT2D eigenvalue weighted by molar-refractivity contribution is 0.0398. The second-order valence-electron chi connectivity index (χ2n) is 5.62. The predicted octanol–water partition coefficient (Wildman–Crippen LogP) is 3.86. The fourth-order valence-electron chi connectivity index (χ4n) is 2.11. The van der Waals surface area contributed by atoms with Crippen molar-refractivity contribution in [2.24, 2.45) is 11.3 Å². The van der Waals surface area contributed by atoms with E-state index in [2.05, 4.69) is 39.9 Å². The van der Waals surface area contributed by atoms with Gasteiger partial charge in [-0.3, -0.25) is 0 Å². The van der Waals surface area contributed by atoms with E-state index in [0.717, 1.165) is 32.2 Å². The zero-order valence-electron chi connectivity index (χ0n) is 12.6. The molecule has 0 radical (unpaired) electrons. The molecule has 0 aliphatic rings. The normalized spacial score (nSPS) is 15.2. The van der Waals surface area contributed by atoms with Crippen LogP contribution in [0.3, 0.4) is 0 Å². The number of rotatable bonds is 11. The highest BCUT2D eigenvalue weighted by Gasteiger charge is 2.27. The van der Waals surface area contributed by atoms with E-state index < -0.39 is 0 Å². The highest BCUT2D eigenvalue weighted by molar-refractivity contribution is 4.80. The predicted molar refractivity (Wildman–Crippen MR) is 76.4 cm³/mol. The topological polar surface area (TPSA) is 21.3 Å². The van der Waals surface area contributed by atoms with Crippen molar-refractivity contribution in [2.75, 3.05) is 26.3 Å². The number of hydrogen-bond donors (Lipinski definition) is 1. The molecule has 2 heteroatoms. The lowest BCUT2D eigenvalue weighted by Gasteiger charge is -2.33. The van der Waals surface area contributed by atoms with Crippen molar-refractivity contribution in [3.8, 4) is 0 Å². The summed E-state index contributed by atoms with van der Waals surface area (Å²) >= 11 is 0. The average molecular weight is 243 g/mol. The Balaban J connectivity index is 4.22. The molecule has 0 bridgehead atoms. The molecule has 104 valence electrons. The van der Waals surface area contributed by atoms with Gasteiger partial charge in [-0.15, -0.1) is 0 Å². The van der Waals surface area contributed by atoms with Gasteiger partial charge in [0.05, 0.1) is 6.61 Å². The van der Waals surface area contributed by atoms with Gasteiger partial charge in [0.15, 0.2) is 0 Å². The lowest BCUT2D eigenvalue weighted by atomic mass is 9.80. The van der Waals surface area contributed by atoms with E-state index in [1.54, 1.807) is 0 Å². The summed E-state index contributed by atoms with van der Waals surface area (Å²) in [4.78, 5) is 0. The maximum atomic E-state index is 5.70. The number of hydrogen-bond acceptors (Lipinski definition) is 2. The zero-order chi connectivity index (χ0) is 13.1. The Bertz CT molecular complexity index is 160. The molecule has 0 amide bonds. The summed E-state index contributed by atoms with van der Waals surface area (Å²) in [5.74, 6) is 0.725. The van der Waals surface area contributed by atoms with Gasteiger partial charge in [-0.1, -0.05) is 40.5 Å². The summed E-state index contributed by atoms with van der Waals surface area (Å²) in [6, 6.07) is 0. The van der Waals surface area contributed by atoms with Crippen LogP contribution in [0, 0.1) is 11.3 Å². The molecule has 0 aliphatic heterocycles. The summed E-state index contributed by atoms with van der Waals surface area (Å²) in [6.45, 7) is 15.1. The number of nitrogens with one attached hydrogen (secondary N) is 1. The maximum absolute atomic E-state index is 5.70. The van der Waals surface area contributed by atoms with Crippen LogP contribution in [0.25, 0.3) is 0 Å². The van der Waals surface area contributed by atoms with Crippen LogP contribution in [-0.4, -0.2) is 26.3 Å². The fraction of sp³-hybridized carbons (Fsp3) is 1.00. The maximum Gasteiger partial charge on any atom is 0.0534 e. The highest BCUT2D eigenvalue weighted by atomic mass is 16.5. The molecule has 0 aliphatic carbocycles. The van der Waals surface area contributed by atoms with E-state index in [1.165, 1.54) is 25.7 Å². The minimum Gasteiger partial charge on any atom is -0.381 e. The smallest absolute Gasteiger partial charge is 0.0534 e. The third-order valence-electron chi connectivity index (χ3n) is 3.48. The number of unbranched alkanes of at least 4 members (excludes halogenated alkanes) is 1. The molecule has 1 atom stereocenters. The molecule has 0 heterocycles. The first-order chi connectivity index (χ1) is 8.10. The first-order valence-corrected chi connectivity index (χ1v) is 7.38. The van der Waals surface area contributed by atoms with Gasteiger partial charge in [-0.2, -0.15) is 0 Å². The molecule has 0 aromatic carbocycles. The van der Waals surface area contributed by atoms with Crippen LogP contribution >= 0.6 is 0 Å². The molecule has 1 N–H and O–H groups in total. The molecule has 0 fully saturated rings. The summed E-state index contributed by atoms with van der Waals surface area (Å²) in [5, 5.41) is 3.61. The molecular formula is C15H33NO. The molecule has 0 saturated heterocycles. The van der Waals surface area contributed by atoms with Crippen LogP contribution in [0.2, 0.25) is 0 Å². The van der Waals surface area contributed by atoms with Crippen molar-refractivity contribution >= 4 is 0 Å². The van der Waals surface area contributed by atoms with Crippen molar-refractivity contribution in [3.05, 3.63) is 0 Å². The molecule has 2 nitrogen and oxygen atoms in total. The Morgan fingerprint density at radius 1 is 1.18 bits per heavy atom. The average Bonchev–Trinajstić information content (AvgIpc) is 2.32. The fourth-order valence-corrected chi connectivity index (χ4v) is 2.11. The first-order valence-electron chi connectivity index (χ1n) is 7.38. The van der Waals surface area contributed by atoms with Crippen molar-refractivity contribution in [1.29, 1.82) is 0 Å². The van der Waals surface area contributed by atoms with Gasteiger partial charge in [-0.25, -0.2) is 0 Å². The second-order valence-corrected chi connectivity index (χ2v) is 5.62. The van der Waals surface area contributed by atoms with Crippen LogP contribution in [0.15, 0.2) is 0 Å². The van der Waals surface area contributed by atoms with Gasteiger partial charge in [0.25, 0.3) is 0 Å². The minimum absolute atomic E-state index is 0.348. The molecule has 0 aromatic rings. The van der Waals surface area contributed by atoms with Crippen LogP contribution in [0.1, 0.15) is 60.3 Å². The standard InChI is InChI=1S/C15H33NO/c1-6-9-10-15(7-2,13-17-8-3)12-16-11-14(4)5/h14,16H,6-13H2,1-5H3. The lowest BCUT2D eigenvalue weighted by Crippen LogP contribution is -2.39. The van der Waals surface area contributed by atoms with Gasteiger partial charge in [0, 0.05) is 18.6 Å². The highest BCUT2D eigenvalue weighted by Crippen LogP contribution is 2.28. The van der Waals surface area contributed by atoms with E-state index in [0.29, 0.717) is 5.41 Å². The Hall–Kier alpha value is -0.0800. The van der Waals surface area contributed by atoms with Crippen molar-refractivity contribution in [2.45, 2.75) is 60.3 Å². The summed E-state index contributed by atoms with van der Waals surface area (Å²) in [7, 11) is 0. The molecule has 0 rings (SSSR count). The van der Waals surface area contributed by atoms with Crippen molar-refractivity contribution in [1.82, 2.24) is 5.32 Å². The molecule has 17 heavy (non-hydrogen) atoms. The Labute approximate surface area is 109 Å². The SMILES string of the molecule is CCCCC(CC)(CNCC(C)C)COCC. The van der Waals surface area contributed by atoms with E-state index >= 15 is 0 Å². The minimum atomic E-state index is 0.348. The Morgan fingerprint density at radius 3 is 2.35 bits per heavy atom. The summed E-state index contributed by atoms with van der Waals surface area (Å²) < 4.78 is 5.70. The summed E-state index contributed by atoms with van der Waals surface area (Å²) in [5.41, 5.74) is 0.348. The van der Waals surface area contributed by atoms with Crippen molar-refractivity contribution in [3.63, 3.8) is 0 Å². The van der Waals surface area contributed by atoms with E-state index in [1.807, 2.05) is 0 Å². The monoisotopic (exact) mass is 243 g/mol. The third kappa shape index (κ3) is 7.77. The Kier molecular flexibility index (Phi) is 9.85. The van der Waals surface area contributed by atoms with Crippen LogP contribution in [0.4, 0.5) is 0 Å². The van der Waals surface area contributed by atoms with Gasteiger partial charge < -0.3 is 10.1 Å². The molecule has 1 unspecified atom stereocenters. The van der Waals surface area contributed by atoms with Crippen LogP contribution < -0.4 is 5.32 Å². The van der Waals surface area contributed by atoms with E-state index in [-0.39, 0.29) is 0 Å². The zero-order valence-corrected chi connectivity index (χ0v) is 12.6. The Morgan fingerprint density at radius 2 is 1.88 bits per heavy atom. The number of ether oxygens (including phenoxy) is 1. The first kappa shape index (κ1) is 16.9. The van der Waals surface area contributed by atoms with Crippen LogP contribution in [0.5, 0.6) is 0 Å². The third-order valence-corrected chi connectivity index (χ3v) is 3.48.